The normalized spacial score (nSPS) is 27.2. The number of nitrogens with zero attached hydrogens (tertiary/aromatic N) is 2. The molecule has 5 atom stereocenters. The fraction of sp³-hybridized carbons (Fsp3) is 0.351. The van der Waals surface area contributed by atoms with Gasteiger partial charge >= 0.3 is 5.97 Å². The Balaban J connectivity index is 1.54. The minimum Gasteiger partial charge on any atom is -0.454 e. The SMILES string of the molecule is CC1(C)CCC2(CC1)C(c1ccc(Cl)nc1N)[C@@H](c1cccc(Cl)c1F)[C@@H]1C(=O)O[C@@H](c3ccccc3)[C@@H](c3ccccc3)N12. The lowest BCUT2D eigenvalue weighted by atomic mass is 9.61. The maximum atomic E-state index is 16.3. The third-order valence-corrected chi connectivity index (χ3v) is 11.0. The first-order valence-electron chi connectivity index (χ1n) is 15.6. The van der Waals surface area contributed by atoms with Gasteiger partial charge < -0.3 is 10.5 Å². The topological polar surface area (TPSA) is 68.4 Å². The number of aromatic nitrogens is 1. The predicted octanol–water partition coefficient (Wildman–Crippen LogP) is 9.04. The largest absolute Gasteiger partial charge is 0.454 e. The van der Waals surface area contributed by atoms with Crippen LogP contribution in [0.1, 0.15) is 85.8 Å². The van der Waals surface area contributed by atoms with Gasteiger partial charge in [-0.05, 0) is 59.9 Å². The lowest BCUT2D eigenvalue weighted by Crippen LogP contribution is -2.59. The monoisotopic (exact) mass is 643 g/mol. The number of nitrogens with two attached hydrogens (primary N) is 1. The van der Waals surface area contributed by atoms with Gasteiger partial charge in [-0.1, -0.05) is 116 Å². The van der Waals surface area contributed by atoms with Gasteiger partial charge in [0.15, 0.2) is 0 Å². The molecule has 1 spiro atoms. The van der Waals surface area contributed by atoms with Crippen LogP contribution in [0.5, 0.6) is 0 Å². The highest BCUT2D eigenvalue weighted by molar-refractivity contribution is 6.30. The number of benzene rings is 3. The van der Waals surface area contributed by atoms with Crippen molar-refractivity contribution in [2.45, 2.75) is 75.1 Å². The molecule has 232 valence electrons. The number of hydrogen-bond acceptors (Lipinski definition) is 5. The van der Waals surface area contributed by atoms with Gasteiger partial charge in [-0.25, -0.2) is 9.37 Å². The summed E-state index contributed by atoms with van der Waals surface area (Å²) in [6, 6.07) is 27.6. The molecular weight excluding hydrogens is 608 g/mol. The van der Waals surface area contributed by atoms with Crippen LogP contribution in [0.2, 0.25) is 10.2 Å². The molecular formula is C37H36Cl2FN3O2. The molecule has 0 bridgehead atoms. The molecule has 1 aliphatic carbocycles. The fourth-order valence-electron chi connectivity index (χ4n) is 8.38. The molecule has 1 saturated carbocycles. The second-order valence-corrected chi connectivity index (χ2v) is 14.3. The summed E-state index contributed by atoms with van der Waals surface area (Å²) in [6.07, 6.45) is 2.82. The zero-order chi connectivity index (χ0) is 31.5. The number of cyclic esters (lactones) is 1. The molecule has 7 rings (SSSR count). The lowest BCUT2D eigenvalue weighted by molar-refractivity contribution is -0.183. The van der Waals surface area contributed by atoms with E-state index >= 15 is 4.39 Å². The van der Waals surface area contributed by atoms with E-state index in [9.17, 15) is 4.79 Å². The first-order chi connectivity index (χ1) is 21.6. The Hall–Kier alpha value is -3.45. The Morgan fingerprint density at radius 2 is 1.47 bits per heavy atom. The van der Waals surface area contributed by atoms with Crippen LogP contribution < -0.4 is 5.73 Å². The van der Waals surface area contributed by atoms with Gasteiger partial charge in [0, 0.05) is 22.9 Å². The Bertz CT molecular complexity index is 1720. The van der Waals surface area contributed by atoms with E-state index in [1.807, 2.05) is 54.6 Å². The Kier molecular flexibility index (Phi) is 7.66. The molecule has 0 radical (unpaired) electrons. The minimum absolute atomic E-state index is 0.0108. The van der Waals surface area contributed by atoms with Crippen molar-refractivity contribution < 1.29 is 13.9 Å². The second-order valence-electron chi connectivity index (χ2n) is 13.5. The van der Waals surface area contributed by atoms with Crippen LogP contribution in [-0.4, -0.2) is 27.4 Å². The number of hydrogen-bond donors (Lipinski definition) is 1. The summed E-state index contributed by atoms with van der Waals surface area (Å²) >= 11 is 12.8. The van der Waals surface area contributed by atoms with Crippen molar-refractivity contribution in [3.05, 3.63) is 129 Å². The van der Waals surface area contributed by atoms with Crippen molar-refractivity contribution in [2.75, 3.05) is 5.73 Å². The van der Waals surface area contributed by atoms with E-state index in [4.69, 9.17) is 33.7 Å². The molecule has 0 amide bonds. The van der Waals surface area contributed by atoms with Crippen molar-refractivity contribution in [1.29, 1.82) is 0 Å². The van der Waals surface area contributed by atoms with Gasteiger partial charge in [-0.2, -0.15) is 0 Å². The van der Waals surface area contributed by atoms with Gasteiger partial charge in [-0.3, -0.25) is 9.69 Å². The smallest absolute Gasteiger partial charge is 0.324 e. The second kappa shape index (κ2) is 11.4. The van der Waals surface area contributed by atoms with E-state index in [1.165, 1.54) is 6.07 Å². The van der Waals surface area contributed by atoms with Crippen LogP contribution in [0, 0.1) is 11.2 Å². The van der Waals surface area contributed by atoms with E-state index < -0.39 is 35.3 Å². The number of pyridine rings is 1. The van der Waals surface area contributed by atoms with Crippen molar-refractivity contribution >= 4 is 35.0 Å². The van der Waals surface area contributed by atoms with Gasteiger partial charge in [0.05, 0.1) is 11.1 Å². The van der Waals surface area contributed by atoms with E-state index in [0.29, 0.717) is 5.56 Å². The van der Waals surface area contributed by atoms with Crippen LogP contribution in [0.3, 0.4) is 0 Å². The van der Waals surface area contributed by atoms with E-state index in [0.717, 1.165) is 42.4 Å². The molecule has 3 heterocycles. The number of carbonyl (C=O) groups is 1. The van der Waals surface area contributed by atoms with Gasteiger partial charge in [0.1, 0.15) is 28.9 Å². The Morgan fingerprint density at radius 3 is 2.11 bits per heavy atom. The van der Waals surface area contributed by atoms with Gasteiger partial charge in [-0.15, -0.1) is 0 Å². The summed E-state index contributed by atoms with van der Waals surface area (Å²) in [5, 5.41) is 0.290. The zero-order valence-electron chi connectivity index (χ0n) is 25.3. The lowest BCUT2D eigenvalue weighted by Gasteiger charge is -2.55. The summed E-state index contributed by atoms with van der Waals surface area (Å²) in [5.41, 5.74) is 9.28. The molecule has 2 aliphatic heterocycles. The Labute approximate surface area is 273 Å². The molecule has 45 heavy (non-hydrogen) atoms. The van der Waals surface area contributed by atoms with Crippen molar-refractivity contribution in [2.24, 2.45) is 5.41 Å². The number of carbonyl (C=O) groups excluding carboxylic acids is 1. The van der Waals surface area contributed by atoms with Gasteiger partial charge in [0.2, 0.25) is 0 Å². The molecule has 1 unspecified atom stereocenters. The number of morpholine rings is 1. The van der Waals surface area contributed by atoms with Crippen LogP contribution in [0.15, 0.2) is 91.0 Å². The summed E-state index contributed by atoms with van der Waals surface area (Å²) < 4.78 is 22.7. The van der Waals surface area contributed by atoms with E-state index in [-0.39, 0.29) is 33.4 Å². The first kappa shape index (κ1) is 30.2. The molecule has 3 fully saturated rings. The standard InChI is InChI=1S/C37H36Cl2FN3O2/c1-36(2)18-20-37(21-19-36)29(25-16-17-27(39)42-34(25)41)28(24-14-9-15-26(38)30(24)40)32-35(44)45-33(23-12-7-4-8-13-23)31(43(32)37)22-10-5-3-6-11-22/h3-17,28-29,31-33H,18-21H2,1-2H3,(H2,41,42)/t28-,29?,31-,32-,33+/m1/s1. The van der Waals surface area contributed by atoms with Crippen LogP contribution >= 0.6 is 23.2 Å². The molecule has 3 aromatic carbocycles. The third-order valence-electron chi connectivity index (χ3n) is 10.5. The average molecular weight is 645 g/mol. The maximum absolute atomic E-state index is 16.3. The van der Waals surface area contributed by atoms with Crippen molar-refractivity contribution in [1.82, 2.24) is 9.88 Å². The summed E-state index contributed by atoms with van der Waals surface area (Å²) in [4.78, 5) is 21.4. The molecule has 8 heteroatoms. The highest BCUT2D eigenvalue weighted by atomic mass is 35.5. The maximum Gasteiger partial charge on any atom is 0.324 e. The van der Waals surface area contributed by atoms with E-state index in [2.05, 4.69) is 35.9 Å². The number of ether oxygens (including phenoxy) is 1. The summed E-state index contributed by atoms with van der Waals surface area (Å²) in [6.45, 7) is 4.58. The van der Waals surface area contributed by atoms with Crippen molar-refractivity contribution in [3.8, 4) is 0 Å². The predicted molar refractivity (Wildman–Crippen MR) is 176 cm³/mol. The highest BCUT2D eigenvalue weighted by Gasteiger charge is 2.68. The summed E-state index contributed by atoms with van der Waals surface area (Å²) in [5.74, 6) is -1.67. The zero-order valence-corrected chi connectivity index (χ0v) is 26.8. The number of fused-ring (bicyclic) bond motifs is 2. The van der Waals surface area contributed by atoms with E-state index in [1.54, 1.807) is 18.2 Å². The van der Waals surface area contributed by atoms with Crippen LogP contribution in [0.4, 0.5) is 10.2 Å². The molecule has 2 saturated heterocycles. The molecule has 4 aromatic rings. The molecule has 1 aromatic heterocycles. The number of nitrogen functional groups attached to an aromatic ring is 1. The molecule has 3 aliphatic rings. The Morgan fingerprint density at radius 1 is 0.822 bits per heavy atom. The number of anilines is 1. The summed E-state index contributed by atoms with van der Waals surface area (Å²) in [7, 11) is 0. The number of halogens is 3. The number of rotatable bonds is 4. The fourth-order valence-corrected chi connectivity index (χ4v) is 8.72. The highest BCUT2D eigenvalue weighted by Crippen LogP contribution is 2.66. The van der Waals surface area contributed by atoms with Crippen molar-refractivity contribution in [3.63, 3.8) is 0 Å². The minimum atomic E-state index is -0.801. The van der Waals surface area contributed by atoms with Crippen LogP contribution in [0.25, 0.3) is 0 Å². The quantitative estimate of drug-likeness (QED) is 0.177. The first-order valence-corrected chi connectivity index (χ1v) is 16.3. The molecule has 2 N–H and O–H groups in total. The molecule has 5 nitrogen and oxygen atoms in total. The third kappa shape index (κ3) is 5.02. The number of esters is 1. The average Bonchev–Trinajstić information content (AvgIpc) is 3.31. The van der Waals surface area contributed by atoms with Gasteiger partial charge in [0.25, 0.3) is 0 Å². The van der Waals surface area contributed by atoms with Crippen LogP contribution in [-0.2, 0) is 9.53 Å².